The number of amides is 2. The Labute approximate surface area is 141 Å². The molecule has 0 aliphatic carbocycles. The Morgan fingerprint density at radius 3 is 2.48 bits per heavy atom. The third kappa shape index (κ3) is 4.75. The molecular formula is C16H26N4O2S. The van der Waals surface area contributed by atoms with Crippen LogP contribution in [0.5, 0.6) is 0 Å². The predicted octanol–water partition coefficient (Wildman–Crippen LogP) is 2.07. The summed E-state index contributed by atoms with van der Waals surface area (Å²) in [6, 6.07) is 0. The Morgan fingerprint density at radius 2 is 1.91 bits per heavy atom. The molecule has 1 N–H and O–H groups in total. The zero-order valence-corrected chi connectivity index (χ0v) is 15.4. The van der Waals surface area contributed by atoms with E-state index >= 15 is 0 Å². The lowest BCUT2D eigenvalue weighted by Crippen LogP contribution is -2.42. The monoisotopic (exact) mass is 338 g/mol. The Balaban J connectivity index is 1.95. The molecule has 2 atom stereocenters. The van der Waals surface area contributed by atoms with Gasteiger partial charge < -0.3 is 10.2 Å². The number of thiazole rings is 1. The first-order chi connectivity index (χ1) is 10.8. The summed E-state index contributed by atoms with van der Waals surface area (Å²) in [4.78, 5) is 32.8. The second kappa shape index (κ2) is 7.40. The van der Waals surface area contributed by atoms with Gasteiger partial charge in [-0.1, -0.05) is 25.2 Å². The second-order valence-electron chi connectivity index (χ2n) is 6.82. The number of hydrogen-bond donors (Lipinski definition) is 1. The molecule has 1 aromatic rings. The van der Waals surface area contributed by atoms with Crippen LogP contribution in [0.2, 0.25) is 0 Å². The van der Waals surface area contributed by atoms with Crippen LogP contribution >= 0.6 is 11.3 Å². The Bertz CT molecular complexity index is 575. The van der Waals surface area contributed by atoms with E-state index in [9.17, 15) is 9.59 Å². The average molecular weight is 338 g/mol. The maximum atomic E-state index is 12.2. The quantitative estimate of drug-likeness (QED) is 0.913. The minimum absolute atomic E-state index is 0.0658. The van der Waals surface area contributed by atoms with E-state index in [1.54, 1.807) is 21.0 Å². The van der Waals surface area contributed by atoms with Crippen LogP contribution in [-0.4, -0.2) is 60.3 Å². The molecule has 1 aliphatic rings. The number of hydrogen-bond acceptors (Lipinski definition) is 5. The van der Waals surface area contributed by atoms with E-state index < -0.39 is 0 Å². The van der Waals surface area contributed by atoms with Gasteiger partial charge in [-0.05, 0) is 25.2 Å². The van der Waals surface area contributed by atoms with Gasteiger partial charge in [-0.3, -0.25) is 14.5 Å². The summed E-state index contributed by atoms with van der Waals surface area (Å²) in [5, 5.41) is 3.33. The van der Waals surface area contributed by atoms with Crippen LogP contribution in [0.1, 0.15) is 35.6 Å². The topological polar surface area (TPSA) is 65.5 Å². The van der Waals surface area contributed by atoms with E-state index in [0.717, 1.165) is 13.1 Å². The van der Waals surface area contributed by atoms with Crippen molar-refractivity contribution >= 4 is 28.3 Å². The molecule has 128 valence electrons. The number of nitrogens with zero attached hydrogens (tertiary/aromatic N) is 3. The molecule has 1 saturated heterocycles. The van der Waals surface area contributed by atoms with Gasteiger partial charge in [-0.2, -0.15) is 0 Å². The first kappa shape index (κ1) is 17.9. The summed E-state index contributed by atoms with van der Waals surface area (Å²) in [7, 11) is 3.41. The molecule has 2 rings (SSSR count). The van der Waals surface area contributed by atoms with Crippen molar-refractivity contribution < 1.29 is 9.59 Å². The van der Waals surface area contributed by atoms with Gasteiger partial charge in [-0.15, -0.1) is 0 Å². The zero-order chi connectivity index (χ0) is 17.1. The molecule has 1 aromatic heterocycles. The van der Waals surface area contributed by atoms with Crippen LogP contribution in [0.4, 0.5) is 5.13 Å². The molecule has 1 aliphatic heterocycles. The number of aromatic nitrogens is 1. The van der Waals surface area contributed by atoms with E-state index in [1.165, 1.54) is 22.7 Å². The van der Waals surface area contributed by atoms with Crippen LogP contribution in [0, 0.1) is 18.8 Å². The highest BCUT2D eigenvalue weighted by atomic mass is 32.1. The van der Waals surface area contributed by atoms with E-state index in [4.69, 9.17) is 0 Å². The number of aryl methyl sites for hydroxylation is 1. The summed E-state index contributed by atoms with van der Waals surface area (Å²) >= 11 is 1.23. The second-order valence-corrected chi connectivity index (χ2v) is 7.82. The normalized spacial score (nSPS) is 22.0. The van der Waals surface area contributed by atoms with Gasteiger partial charge >= 0.3 is 0 Å². The van der Waals surface area contributed by atoms with Gasteiger partial charge in [0.15, 0.2) is 5.13 Å². The molecule has 6 nitrogen and oxygen atoms in total. The highest BCUT2D eigenvalue weighted by molar-refractivity contribution is 7.17. The zero-order valence-electron chi connectivity index (χ0n) is 14.5. The van der Waals surface area contributed by atoms with Crippen molar-refractivity contribution in [3.63, 3.8) is 0 Å². The molecule has 2 heterocycles. The molecule has 0 saturated carbocycles. The van der Waals surface area contributed by atoms with Crippen LogP contribution in [-0.2, 0) is 4.79 Å². The molecule has 1 fully saturated rings. The van der Waals surface area contributed by atoms with E-state index in [0.29, 0.717) is 34.1 Å². The first-order valence-corrected chi connectivity index (χ1v) is 8.79. The first-order valence-electron chi connectivity index (χ1n) is 7.97. The van der Waals surface area contributed by atoms with Crippen molar-refractivity contribution in [3.05, 3.63) is 10.6 Å². The van der Waals surface area contributed by atoms with Crippen LogP contribution in [0.25, 0.3) is 0 Å². The standard InChI is InChI=1S/C16H26N4O2S/c1-10-6-11(2)8-20(7-10)9-13(21)18-16-17-12(3)14(23-16)15(22)19(4)5/h10-11H,6-9H2,1-5H3,(H,17,18,21)/t10-,11+. The summed E-state index contributed by atoms with van der Waals surface area (Å²) in [6.45, 7) is 8.53. The molecule has 0 aromatic carbocycles. The smallest absolute Gasteiger partial charge is 0.265 e. The fraction of sp³-hybridized carbons (Fsp3) is 0.688. The summed E-state index contributed by atoms with van der Waals surface area (Å²) in [5.41, 5.74) is 0.657. The SMILES string of the molecule is Cc1nc(NC(=O)CN2C[C@H](C)C[C@H](C)C2)sc1C(=O)N(C)C. The highest BCUT2D eigenvalue weighted by Gasteiger charge is 2.24. The van der Waals surface area contributed by atoms with Gasteiger partial charge in [-0.25, -0.2) is 4.98 Å². The molecule has 0 unspecified atom stereocenters. The molecule has 0 radical (unpaired) electrons. The summed E-state index contributed by atoms with van der Waals surface area (Å²) in [5.74, 6) is 1.10. The maximum Gasteiger partial charge on any atom is 0.265 e. The summed E-state index contributed by atoms with van der Waals surface area (Å²) < 4.78 is 0. The number of rotatable bonds is 4. The van der Waals surface area contributed by atoms with E-state index in [-0.39, 0.29) is 11.8 Å². The van der Waals surface area contributed by atoms with Crippen molar-refractivity contribution in [1.82, 2.24) is 14.8 Å². The van der Waals surface area contributed by atoms with Crippen molar-refractivity contribution in [1.29, 1.82) is 0 Å². The number of piperidine rings is 1. The van der Waals surface area contributed by atoms with E-state index in [1.807, 2.05) is 0 Å². The van der Waals surface area contributed by atoms with Gasteiger partial charge in [0, 0.05) is 27.2 Å². The Morgan fingerprint density at radius 1 is 1.30 bits per heavy atom. The van der Waals surface area contributed by atoms with Crippen molar-refractivity contribution in [2.45, 2.75) is 27.2 Å². The largest absolute Gasteiger partial charge is 0.344 e. The molecular weight excluding hydrogens is 312 g/mol. The Hall–Kier alpha value is -1.47. The van der Waals surface area contributed by atoms with Gasteiger partial charge in [0.2, 0.25) is 5.91 Å². The van der Waals surface area contributed by atoms with Crippen LogP contribution < -0.4 is 5.32 Å². The maximum absolute atomic E-state index is 12.2. The van der Waals surface area contributed by atoms with Crippen LogP contribution in [0.3, 0.4) is 0 Å². The third-order valence-electron chi connectivity index (χ3n) is 3.96. The van der Waals surface area contributed by atoms with Gasteiger partial charge in [0.1, 0.15) is 4.88 Å². The number of likely N-dealkylation sites (tertiary alicyclic amines) is 1. The fourth-order valence-corrected chi connectivity index (χ4v) is 4.14. The minimum atomic E-state index is -0.0841. The number of carbonyl (C=O) groups excluding carboxylic acids is 2. The number of anilines is 1. The van der Waals surface area contributed by atoms with Crippen molar-refractivity contribution in [3.8, 4) is 0 Å². The molecule has 0 bridgehead atoms. The lowest BCUT2D eigenvalue weighted by atomic mass is 9.92. The van der Waals surface area contributed by atoms with Crippen molar-refractivity contribution in [2.24, 2.45) is 11.8 Å². The van der Waals surface area contributed by atoms with Crippen molar-refractivity contribution in [2.75, 3.05) is 39.0 Å². The molecule has 0 spiro atoms. The van der Waals surface area contributed by atoms with Crippen LogP contribution in [0.15, 0.2) is 0 Å². The number of nitrogens with one attached hydrogen (secondary N) is 1. The average Bonchev–Trinajstić information content (AvgIpc) is 2.76. The lowest BCUT2D eigenvalue weighted by molar-refractivity contribution is -0.117. The van der Waals surface area contributed by atoms with E-state index in [2.05, 4.69) is 29.0 Å². The fourth-order valence-electron chi connectivity index (χ4n) is 3.13. The molecule has 23 heavy (non-hydrogen) atoms. The van der Waals surface area contributed by atoms with Gasteiger partial charge in [0.05, 0.1) is 12.2 Å². The molecule has 7 heteroatoms. The summed E-state index contributed by atoms with van der Waals surface area (Å²) in [6.07, 6.45) is 1.22. The molecule has 2 amide bonds. The van der Waals surface area contributed by atoms with Gasteiger partial charge in [0.25, 0.3) is 5.91 Å². The lowest BCUT2D eigenvalue weighted by Gasteiger charge is -2.34. The highest BCUT2D eigenvalue weighted by Crippen LogP contribution is 2.24. The predicted molar refractivity (Wildman–Crippen MR) is 92.9 cm³/mol. The number of carbonyl (C=O) groups is 2. The third-order valence-corrected chi connectivity index (χ3v) is 5.02. The minimum Gasteiger partial charge on any atom is -0.344 e. The Kier molecular flexibility index (Phi) is 5.75.